The lowest BCUT2D eigenvalue weighted by Gasteiger charge is -2.07. The zero-order chi connectivity index (χ0) is 16.7. The van der Waals surface area contributed by atoms with Crippen LogP contribution in [0.1, 0.15) is 30.7 Å². The largest absolute Gasteiger partial charge is 0.490 e. The molecule has 0 aliphatic carbocycles. The van der Waals surface area contributed by atoms with Gasteiger partial charge in [-0.1, -0.05) is 12.8 Å². The monoisotopic (exact) mass is 337 g/mol. The van der Waals surface area contributed by atoms with E-state index in [9.17, 15) is 9.18 Å². The maximum Gasteiger partial charge on any atom is 0.404 e. The first kappa shape index (κ1) is 17.0. The van der Waals surface area contributed by atoms with Gasteiger partial charge in [0.05, 0.1) is 16.8 Å². The summed E-state index contributed by atoms with van der Waals surface area (Å²) in [5, 5.41) is 19.8. The molecule has 0 aliphatic heterocycles. The number of rotatable bonds is 8. The maximum atomic E-state index is 13.9. The summed E-state index contributed by atoms with van der Waals surface area (Å²) < 4.78 is 20.0. The lowest BCUT2D eigenvalue weighted by atomic mass is 10.2. The van der Waals surface area contributed by atoms with Gasteiger partial charge in [0.2, 0.25) is 0 Å². The Morgan fingerprint density at radius 2 is 2.17 bits per heavy atom. The number of thiazole rings is 1. The van der Waals surface area contributed by atoms with Crippen molar-refractivity contribution in [3.63, 3.8) is 0 Å². The van der Waals surface area contributed by atoms with Crippen molar-refractivity contribution in [2.45, 2.75) is 25.7 Å². The Labute approximate surface area is 136 Å². The summed E-state index contributed by atoms with van der Waals surface area (Å²) in [6.45, 7) is 0.826. The molecule has 23 heavy (non-hydrogen) atoms. The summed E-state index contributed by atoms with van der Waals surface area (Å²) >= 11 is 1.20. The van der Waals surface area contributed by atoms with Crippen LogP contribution in [0.4, 0.5) is 9.18 Å². The standard InChI is InChI=1S/C15H16FN3O3S/c16-10-7-11-13(23-14(9-17)19-11)8-12(10)22-6-4-2-1-3-5-18-15(20)21/h7-8,18H,1-6H2,(H,20,21). The average Bonchev–Trinajstić information content (AvgIpc) is 2.91. The van der Waals surface area contributed by atoms with Crippen LogP contribution in [0, 0.1) is 17.1 Å². The minimum atomic E-state index is -1.01. The molecule has 0 saturated carbocycles. The van der Waals surface area contributed by atoms with E-state index in [0.717, 1.165) is 30.4 Å². The lowest BCUT2D eigenvalue weighted by molar-refractivity contribution is 0.194. The van der Waals surface area contributed by atoms with E-state index in [-0.39, 0.29) is 5.75 Å². The number of carboxylic acid groups (broad SMARTS) is 1. The zero-order valence-electron chi connectivity index (χ0n) is 12.3. The van der Waals surface area contributed by atoms with Gasteiger partial charge in [-0.05, 0) is 12.8 Å². The van der Waals surface area contributed by atoms with E-state index in [0.29, 0.717) is 23.7 Å². The van der Waals surface area contributed by atoms with E-state index in [4.69, 9.17) is 15.1 Å². The van der Waals surface area contributed by atoms with Gasteiger partial charge in [-0.25, -0.2) is 14.2 Å². The van der Waals surface area contributed by atoms with E-state index in [1.165, 1.54) is 17.4 Å². The highest BCUT2D eigenvalue weighted by atomic mass is 32.1. The van der Waals surface area contributed by atoms with Gasteiger partial charge < -0.3 is 15.2 Å². The van der Waals surface area contributed by atoms with Crippen LogP contribution in [-0.4, -0.2) is 29.3 Å². The molecule has 2 aromatic rings. The van der Waals surface area contributed by atoms with Gasteiger partial charge >= 0.3 is 6.09 Å². The molecular formula is C15H16FN3O3S. The maximum absolute atomic E-state index is 13.9. The number of nitriles is 1. The van der Waals surface area contributed by atoms with Gasteiger partial charge in [-0.15, -0.1) is 11.3 Å². The second-order valence-electron chi connectivity index (χ2n) is 4.88. The molecule has 0 spiro atoms. The normalized spacial score (nSPS) is 10.4. The van der Waals surface area contributed by atoms with Gasteiger partial charge in [-0.2, -0.15) is 5.26 Å². The third kappa shape index (κ3) is 5.07. The number of fused-ring (bicyclic) bond motifs is 1. The summed E-state index contributed by atoms with van der Waals surface area (Å²) in [6, 6.07) is 4.79. The number of nitrogens with one attached hydrogen (secondary N) is 1. The Bertz CT molecular complexity index is 727. The first-order valence-corrected chi connectivity index (χ1v) is 8.01. The molecule has 2 N–H and O–H groups in total. The van der Waals surface area contributed by atoms with Crippen LogP contribution in [0.2, 0.25) is 0 Å². The zero-order valence-corrected chi connectivity index (χ0v) is 13.2. The number of hydrogen-bond acceptors (Lipinski definition) is 5. The molecule has 1 aromatic carbocycles. The minimum absolute atomic E-state index is 0.165. The number of unbranched alkanes of at least 4 members (excludes halogenated alkanes) is 3. The van der Waals surface area contributed by atoms with Gasteiger partial charge in [0.1, 0.15) is 6.07 Å². The molecular weight excluding hydrogens is 321 g/mol. The number of nitrogens with zero attached hydrogens (tertiary/aromatic N) is 2. The number of benzene rings is 1. The highest BCUT2D eigenvalue weighted by molar-refractivity contribution is 7.19. The van der Waals surface area contributed by atoms with Crippen LogP contribution < -0.4 is 10.1 Å². The van der Waals surface area contributed by atoms with Crippen LogP contribution in [-0.2, 0) is 0 Å². The van der Waals surface area contributed by atoms with Crippen LogP contribution in [0.5, 0.6) is 5.75 Å². The Morgan fingerprint density at radius 3 is 2.91 bits per heavy atom. The van der Waals surface area contributed by atoms with Crippen molar-refractivity contribution < 1.29 is 19.0 Å². The van der Waals surface area contributed by atoms with Crippen molar-refractivity contribution in [2.75, 3.05) is 13.2 Å². The first-order valence-electron chi connectivity index (χ1n) is 7.20. The number of amides is 1. The van der Waals surface area contributed by atoms with Crippen LogP contribution >= 0.6 is 11.3 Å². The molecule has 0 atom stereocenters. The summed E-state index contributed by atoms with van der Waals surface area (Å²) in [7, 11) is 0. The number of halogens is 1. The number of aromatic nitrogens is 1. The van der Waals surface area contributed by atoms with Crippen LogP contribution in [0.25, 0.3) is 10.2 Å². The molecule has 0 aliphatic rings. The van der Waals surface area contributed by atoms with Gasteiger partial charge in [0, 0.05) is 18.7 Å². The third-order valence-electron chi connectivity index (χ3n) is 3.14. The molecule has 1 aromatic heterocycles. The number of ether oxygens (including phenoxy) is 1. The highest BCUT2D eigenvalue weighted by Crippen LogP contribution is 2.29. The van der Waals surface area contributed by atoms with Gasteiger partial charge in [0.15, 0.2) is 16.6 Å². The molecule has 2 rings (SSSR count). The lowest BCUT2D eigenvalue weighted by Crippen LogP contribution is -2.21. The topological polar surface area (TPSA) is 95.2 Å². The average molecular weight is 337 g/mol. The van der Waals surface area contributed by atoms with Crippen molar-refractivity contribution in [1.82, 2.24) is 10.3 Å². The Balaban J connectivity index is 1.75. The second kappa shape index (κ2) is 8.29. The molecule has 0 radical (unpaired) electrons. The Kier molecular flexibility index (Phi) is 6.11. The first-order chi connectivity index (χ1) is 11.1. The number of carbonyl (C=O) groups is 1. The van der Waals surface area contributed by atoms with Crippen molar-refractivity contribution in [2.24, 2.45) is 0 Å². The number of hydrogen-bond donors (Lipinski definition) is 2. The summed E-state index contributed by atoms with van der Waals surface area (Å²) in [5.74, 6) is -0.323. The predicted octanol–water partition coefficient (Wildman–Crippen LogP) is 3.51. The Hall–Kier alpha value is -2.40. The molecule has 1 amide bonds. The molecule has 1 heterocycles. The molecule has 122 valence electrons. The summed E-state index contributed by atoms with van der Waals surface area (Å²) in [5.41, 5.74) is 0.460. The van der Waals surface area contributed by atoms with E-state index in [1.54, 1.807) is 6.07 Å². The fraction of sp³-hybridized carbons (Fsp3) is 0.400. The molecule has 0 unspecified atom stereocenters. The van der Waals surface area contributed by atoms with Crippen LogP contribution in [0.3, 0.4) is 0 Å². The molecule has 0 bridgehead atoms. The van der Waals surface area contributed by atoms with Crippen molar-refractivity contribution in [3.05, 3.63) is 23.0 Å². The SMILES string of the molecule is N#Cc1nc2cc(F)c(OCCCCCCNC(=O)O)cc2s1. The molecule has 8 heteroatoms. The summed E-state index contributed by atoms with van der Waals surface area (Å²) in [4.78, 5) is 14.2. The molecule has 6 nitrogen and oxygen atoms in total. The van der Waals surface area contributed by atoms with Crippen LogP contribution in [0.15, 0.2) is 12.1 Å². The van der Waals surface area contributed by atoms with Crippen molar-refractivity contribution in [1.29, 1.82) is 5.26 Å². The van der Waals surface area contributed by atoms with E-state index < -0.39 is 11.9 Å². The quantitative estimate of drug-likeness (QED) is 0.719. The second-order valence-corrected chi connectivity index (χ2v) is 5.91. The van der Waals surface area contributed by atoms with E-state index in [2.05, 4.69) is 10.3 Å². The van der Waals surface area contributed by atoms with E-state index >= 15 is 0 Å². The van der Waals surface area contributed by atoms with E-state index in [1.807, 2.05) is 6.07 Å². The fourth-order valence-electron chi connectivity index (χ4n) is 2.05. The smallest absolute Gasteiger partial charge is 0.404 e. The molecule has 0 fully saturated rings. The van der Waals surface area contributed by atoms with Crippen molar-refractivity contribution >= 4 is 27.6 Å². The summed E-state index contributed by atoms with van der Waals surface area (Å²) in [6.07, 6.45) is 2.28. The minimum Gasteiger partial charge on any atom is -0.490 e. The molecule has 0 saturated heterocycles. The highest BCUT2D eigenvalue weighted by Gasteiger charge is 2.10. The Morgan fingerprint density at radius 1 is 1.39 bits per heavy atom. The van der Waals surface area contributed by atoms with Crippen molar-refractivity contribution in [3.8, 4) is 11.8 Å². The predicted molar refractivity (Wildman–Crippen MR) is 84.3 cm³/mol. The fourth-order valence-corrected chi connectivity index (χ4v) is 2.82. The van der Waals surface area contributed by atoms with Gasteiger partial charge in [-0.3, -0.25) is 0 Å². The van der Waals surface area contributed by atoms with Gasteiger partial charge in [0.25, 0.3) is 0 Å². The third-order valence-corrected chi connectivity index (χ3v) is 4.07.